The van der Waals surface area contributed by atoms with Crippen LogP contribution in [0.15, 0.2) is 59.4 Å². The van der Waals surface area contributed by atoms with Crippen LogP contribution in [-0.4, -0.2) is 22.8 Å². The molecule has 0 fully saturated rings. The first kappa shape index (κ1) is 19.4. The van der Waals surface area contributed by atoms with E-state index >= 15 is 0 Å². The first-order chi connectivity index (χ1) is 13.4. The number of aryl methyl sites for hydroxylation is 2. The largest absolute Gasteiger partial charge is 0.496 e. The number of rotatable bonds is 5. The molecule has 1 heterocycles. The molecule has 0 saturated heterocycles. The Morgan fingerprint density at radius 1 is 1.11 bits per heavy atom. The molecule has 0 bridgehead atoms. The molecule has 1 amide bonds. The molecule has 1 atom stereocenters. The van der Waals surface area contributed by atoms with E-state index < -0.39 is 11.3 Å². The van der Waals surface area contributed by atoms with Crippen molar-refractivity contribution in [2.75, 3.05) is 7.11 Å². The van der Waals surface area contributed by atoms with Gasteiger partial charge in [-0.05, 0) is 39.0 Å². The molecule has 0 aliphatic rings. The highest BCUT2D eigenvalue weighted by molar-refractivity contribution is 5.92. The Labute approximate surface area is 163 Å². The zero-order valence-corrected chi connectivity index (χ0v) is 16.4. The van der Waals surface area contributed by atoms with E-state index in [-0.39, 0.29) is 11.7 Å². The van der Waals surface area contributed by atoms with Crippen molar-refractivity contribution in [1.82, 2.24) is 15.1 Å². The predicted octanol–water partition coefficient (Wildman–Crippen LogP) is 3.35. The fourth-order valence-corrected chi connectivity index (χ4v) is 3.07. The number of carbonyl (C=O) groups excluding carboxylic acids is 1. The molecule has 0 saturated carbocycles. The van der Waals surface area contributed by atoms with Crippen LogP contribution in [0.2, 0.25) is 0 Å². The number of methoxy groups -OCH3 is 1. The number of hydrogen-bond acceptors (Lipinski definition) is 4. The number of nitrogens with zero attached hydrogens (tertiary/aromatic N) is 2. The Balaban J connectivity index is 1.93. The van der Waals surface area contributed by atoms with Crippen LogP contribution in [0.4, 0.5) is 0 Å². The van der Waals surface area contributed by atoms with E-state index in [1.54, 1.807) is 18.7 Å². The number of nitrogens with one attached hydrogen (secondary N) is 1. The highest BCUT2D eigenvalue weighted by Crippen LogP contribution is 2.26. The van der Waals surface area contributed by atoms with Gasteiger partial charge in [0.05, 0.1) is 18.8 Å². The molecular formula is C22H23N3O3. The predicted molar refractivity (Wildman–Crippen MR) is 108 cm³/mol. The monoisotopic (exact) mass is 377 g/mol. The van der Waals surface area contributed by atoms with Gasteiger partial charge in [-0.25, -0.2) is 4.68 Å². The maximum atomic E-state index is 12.8. The smallest absolute Gasteiger partial charge is 0.276 e. The molecule has 2 aromatic carbocycles. The fourth-order valence-electron chi connectivity index (χ4n) is 3.07. The molecule has 144 valence electrons. The lowest BCUT2D eigenvalue weighted by atomic mass is 10.0. The molecule has 0 radical (unpaired) electrons. The third kappa shape index (κ3) is 3.96. The van der Waals surface area contributed by atoms with Gasteiger partial charge in [0.25, 0.3) is 5.91 Å². The lowest BCUT2D eigenvalue weighted by Crippen LogP contribution is -2.33. The minimum absolute atomic E-state index is 0.145. The van der Waals surface area contributed by atoms with Gasteiger partial charge in [0.1, 0.15) is 5.75 Å². The fraction of sp³-hybridized carbons (Fsp3) is 0.227. The Morgan fingerprint density at radius 3 is 2.50 bits per heavy atom. The number of benzene rings is 2. The Hall–Kier alpha value is -3.41. The van der Waals surface area contributed by atoms with Gasteiger partial charge in [-0.2, -0.15) is 5.10 Å². The zero-order valence-electron chi connectivity index (χ0n) is 16.4. The number of para-hydroxylation sites is 1. The van der Waals surface area contributed by atoms with Crippen LogP contribution in [0.1, 0.15) is 40.3 Å². The summed E-state index contributed by atoms with van der Waals surface area (Å²) in [7, 11) is 1.59. The van der Waals surface area contributed by atoms with Gasteiger partial charge in [0.15, 0.2) is 5.69 Å². The second kappa shape index (κ2) is 8.08. The van der Waals surface area contributed by atoms with Gasteiger partial charge in [-0.3, -0.25) is 9.59 Å². The number of ether oxygens (including phenoxy) is 1. The quantitative estimate of drug-likeness (QED) is 0.740. The molecule has 6 nitrogen and oxygen atoms in total. The second-order valence-corrected chi connectivity index (χ2v) is 6.69. The number of amides is 1. The van der Waals surface area contributed by atoms with Crippen molar-refractivity contribution >= 4 is 5.91 Å². The molecule has 0 spiro atoms. The van der Waals surface area contributed by atoms with Crippen LogP contribution in [-0.2, 0) is 0 Å². The summed E-state index contributed by atoms with van der Waals surface area (Å²) in [5, 5.41) is 7.17. The molecule has 3 aromatic rings. The summed E-state index contributed by atoms with van der Waals surface area (Å²) in [6.45, 7) is 5.60. The van der Waals surface area contributed by atoms with Crippen LogP contribution in [0, 0.1) is 13.8 Å². The van der Waals surface area contributed by atoms with Crippen molar-refractivity contribution in [3.8, 4) is 11.4 Å². The van der Waals surface area contributed by atoms with E-state index in [1.165, 1.54) is 6.07 Å². The van der Waals surface area contributed by atoms with Gasteiger partial charge in [0, 0.05) is 17.3 Å². The molecular weight excluding hydrogens is 354 g/mol. The van der Waals surface area contributed by atoms with Gasteiger partial charge in [-0.15, -0.1) is 0 Å². The van der Waals surface area contributed by atoms with E-state index in [0.29, 0.717) is 11.4 Å². The lowest BCUT2D eigenvalue weighted by molar-refractivity contribution is 0.0931. The Kier molecular flexibility index (Phi) is 5.59. The Bertz CT molecular complexity index is 1060. The van der Waals surface area contributed by atoms with Crippen molar-refractivity contribution in [2.45, 2.75) is 26.8 Å². The third-order valence-electron chi connectivity index (χ3n) is 4.52. The summed E-state index contributed by atoms with van der Waals surface area (Å²) in [5.41, 5.74) is 2.77. The highest BCUT2D eigenvalue weighted by atomic mass is 16.5. The number of hydrogen-bond donors (Lipinski definition) is 1. The highest BCUT2D eigenvalue weighted by Gasteiger charge is 2.20. The molecule has 0 aliphatic carbocycles. The van der Waals surface area contributed by atoms with Crippen LogP contribution in [0.3, 0.4) is 0 Å². The Morgan fingerprint density at radius 2 is 1.82 bits per heavy atom. The maximum absolute atomic E-state index is 12.8. The lowest BCUT2D eigenvalue weighted by Gasteiger charge is -2.18. The molecule has 3 rings (SSSR count). The summed E-state index contributed by atoms with van der Waals surface area (Å²) in [6.07, 6.45) is 0. The molecule has 1 N–H and O–H groups in total. The standard InChI is InChI=1S/C22H23N3O3/c1-14-10-11-20(28-4)18(12-14)16(3)23-22(27)21-19(26)13-15(2)25(24-21)17-8-6-5-7-9-17/h5-13,16H,1-4H3,(H,23,27). The summed E-state index contributed by atoms with van der Waals surface area (Å²) < 4.78 is 6.98. The number of carbonyl (C=O) groups is 1. The minimum Gasteiger partial charge on any atom is -0.496 e. The average molecular weight is 377 g/mol. The molecule has 1 aromatic heterocycles. The van der Waals surface area contributed by atoms with Gasteiger partial charge < -0.3 is 10.1 Å². The van der Waals surface area contributed by atoms with Gasteiger partial charge in [0.2, 0.25) is 5.43 Å². The maximum Gasteiger partial charge on any atom is 0.276 e. The summed E-state index contributed by atoms with van der Waals surface area (Å²) >= 11 is 0. The minimum atomic E-state index is -0.522. The van der Waals surface area contributed by atoms with E-state index in [0.717, 1.165) is 16.8 Å². The van der Waals surface area contributed by atoms with Crippen molar-refractivity contribution in [3.63, 3.8) is 0 Å². The van der Waals surface area contributed by atoms with Crippen LogP contribution < -0.4 is 15.5 Å². The van der Waals surface area contributed by atoms with E-state index in [2.05, 4.69) is 10.4 Å². The SMILES string of the molecule is COc1ccc(C)cc1C(C)NC(=O)c1nn(-c2ccccc2)c(C)cc1=O. The number of aromatic nitrogens is 2. The molecule has 28 heavy (non-hydrogen) atoms. The van der Waals surface area contributed by atoms with Crippen LogP contribution >= 0.6 is 0 Å². The van der Waals surface area contributed by atoms with Crippen molar-refractivity contribution in [1.29, 1.82) is 0 Å². The zero-order chi connectivity index (χ0) is 20.3. The average Bonchev–Trinajstić information content (AvgIpc) is 2.68. The van der Waals surface area contributed by atoms with Crippen molar-refractivity contribution < 1.29 is 9.53 Å². The second-order valence-electron chi connectivity index (χ2n) is 6.69. The van der Waals surface area contributed by atoms with E-state index in [4.69, 9.17) is 4.74 Å². The van der Waals surface area contributed by atoms with Gasteiger partial charge in [-0.1, -0.05) is 35.9 Å². The summed E-state index contributed by atoms with van der Waals surface area (Å²) in [5.74, 6) is 0.155. The normalized spacial score (nSPS) is 11.7. The molecule has 6 heteroatoms. The van der Waals surface area contributed by atoms with E-state index in [1.807, 2.05) is 62.4 Å². The van der Waals surface area contributed by atoms with Crippen molar-refractivity contribution in [2.24, 2.45) is 0 Å². The van der Waals surface area contributed by atoms with Gasteiger partial charge >= 0.3 is 0 Å². The van der Waals surface area contributed by atoms with Crippen molar-refractivity contribution in [3.05, 3.63) is 87.3 Å². The topological polar surface area (TPSA) is 73.2 Å². The molecule has 1 unspecified atom stereocenters. The summed E-state index contributed by atoms with van der Waals surface area (Å²) in [6, 6.07) is 16.2. The van der Waals surface area contributed by atoms with Crippen LogP contribution in [0.25, 0.3) is 5.69 Å². The summed E-state index contributed by atoms with van der Waals surface area (Å²) in [4.78, 5) is 25.2. The third-order valence-corrected chi connectivity index (χ3v) is 4.52. The first-order valence-corrected chi connectivity index (χ1v) is 9.02. The molecule has 0 aliphatic heterocycles. The van der Waals surface area contributed by atoms with Crippen LogP contribution in [0.5, 0.6) is 5.75 Å². The first-order valence-electron chi connectivity index (χ1n) is 9.02. The van der Waals surface area contributed by atoms with E-state index in [9.17, 15) is 9.59 Å².